The molecule has 0 saturated carbocycles. The van der Waals surface area contributed by atoms with Crippen LogP contribution >= 0.6 is 11.6 Å². The SMILES string of the molecule is COCCCNC(=O)/C(C#N)=C/c1cccc(Oc2ccc(Cl)cc2)c1. The van der Waals surface area contributed by atoms with Crippen molar-refractivity contribution >= 4 is 23.6 Å². The number of nitriles is 1. The molecule has 0 aliphatic rings. The Morgan fingerprint density at radius 3 is 2.69 bits per heavy atom. The van der Waals surface area contributed by atoms with E-state index in [1.165, 1.54) is 6.08 Å². The quantitative estimate of drug-likeness (QED) is 0.429. The molecule has 0 aliphatic heterocycles. The third kappa shape index (κ3) is 6.25. The van der Waals surface area contributed by atoms with Gasteiger partial charge in [-0.05, 0) is 54.5 Å². The van der Waals surface area contributed by atoms with E-state index in [-0.39, 0.29) is 5.57 Å². The highest BCUT2D eigenvalue weighted by Crippen LogP contribution is 2.24. The minimum absolute atomic E-state index is 0.0334. The van der Waals surface area contributed by atoms with Gasteiger partial charge in [0, 0.05) is 25.3 Å². The van der Waals surface area contributed by atoms with Gasteiger partial charge in [-0.15, -0.1) is 0 Å². The van der Waals surface area contributed by atoms with Gasteiger partial charge >= 0.3 is 0 Å². The van der Waals surface area contributed by atoms with Crippen LogP contribution in [0.15, 0.2) is 54.1 Å². The first-order valence-electron chi connectivity index (χ1n) is 8.05. The second kappa shape index (κ2) is 10.2. The number of ether oxygens (including phenoxy) is 2. The standard InChI is InChI=1S/C20H19ClN2O3/c1-25-11-3-10-23-20(24)16(14-22)12-15-4-2-5-19(13-15)26-18-8-6-17(21)7-9-18/h2,4-9,12-13H,3,10-11H2,1H3,(H,23,24)/b16-12+. The van der Waals surface area contributed by atoms with Crippen molar-refractivity contribution in [1.82, 2.24) is 5.32 Å². The number of rotatable bonds is 8. The highest BCUT2D eigenvalue weighted by Gasteiger charge is 2.08. The normalized spacial score (nSPS) is 10.9. The van der Waals surface area contributed by atoms with Crippen LogP contribution in [0, 0.1) is 11.3 Å². The lowest BCUT2D eigenvalue weighted by molar-refractivity contribution is -0.117. The molecule has 2 aromatic rings. The third-order valence-electron chi connectivity index (χ3n) is 3.39. The summed E-state index contributed by atoms with van der Waals surface area (Å²) >= 11 is 5.86. The van der Waals surface area contributed by atoms with E-state index in [9.17, 15) is 10.1 Å². The molecule has 1 amide bonds. The van der Waals surface area contributed by atoms with Crippen molar-refractivity contribution < 1.29 is 14.3 Å². The average Bonchev–Trinajstić information content (AvgIpc) is 2.65. The molecule has 2 rings (SSSR count). The second-order valence-corrected chi connectivity index (χ2v) is 5.84. The van der Waals surface area contributed by atoms with Crippen molar-refractivity contribution in [2.75, 3.05) is 20.3 Å². The molecular formula is C20H19ClN2O3. The van der Waals surface area contributed by atoms with Gasteiger partial charge in [-0.3, -0.25) is 4.79 Å². The summed E-state index contributed by atoms with van der Waals surface area (Å²) in [5, 5.41) is 12.6. The summed E-state index contributed by atoms with van der Waals surface area (Å²) in [6, 6.07) is 16.1. The van der Waals surface area contributed by atoms with Crippen molar-refractivity contribution in [3.63, 3.8) is 0 Å². The molecule has 0 aromatic heterocycles. The Labute approximate surface area is 157 Å². The summed E-state index contributed by atoms with van der Waals surface area (Å²) in [4.78, 5) is 12.1. The van der Waals surface area contributed by atoms with Gasteiger partial charge < -0.3 is 14.8 Å². The summed E-state index contributed by atoms with van der Waals surface area (Å²) in [5.41, 5.74) is 0.728. The fourth-order valence-corrected chi connectivity index (χ4v) is 2.26. The van der Waals surface area contributed by atoms with E-state index >= 15 is 0 Å². The van der Waals surface area contributed by atoms with Crippen LogP contribution in [0.1, 0.15) is 12.0 Å². The molecule has 6 heteroatoms. The molecule has 0 unspecified atom stereocenters. The van der Waals surface area contributed by atoms with E-state index in [1.807, 2.05) is 6.07 Å². The van der Waals surface area contributed by atoms with Gasteiger partial charge in [-0.1, -0.05) is 23.7 Å². The Morgan fingerprint density at radius 2 is 2.00 bits per heavy atom. The maximum atomic E-state index is 12.1. The number of hydrogen-bond donors (Lipinski definition) is 1. The molecule has 5 nitrogen and oxygen atoms in total. The van der Waals surface area contributed by atoms with Crippen LogP contribution in [-0.4, -0.2) is 26.2 Å². The molecule has 0 spiro atoms. The van der Waals surface area contributed by atoms with Crippen molar-refractivity contribution in [3.8, 4) is 17.6 Å². The van der Waals surface area contributed by atoms with Crippen LogP contribution in [0.5, 0.6) is 11.5 Å². The Bertz CT molecular complexity index is 811. The lowest BCUT2D eigenvalue weighted by Gasteiger charge is -2.07. The van der Waals surface area contributed by atoms with Gasteiger partial charge in [0.15, 0.2) is 0 Å². The lowest BCUT2D eigenvalue weighted by atomic mass is 10.1. The zero-order chi connectivity index (χ0) is 18.8. The Kier molecular flexibility index (Phi) is 7.69. The van der Waals surface area contributed by atoms with Gasteiger partial charge in [-0.25, -0.2) is 0 Å². The number of amides is 1. The first-order chi connectivity index (χ1) is 12.6. The lowest BCUT2D eigenvalue weighted by Crippen LogP contribution is -2.26. The third-order valence-corrected chi connectivity index (χ3v) is 3.65. The molecule has 0 heterocycles. The maximum absolute atomic E-state index is 12.1. The topological polar surface area (TPSA) is 71.3 Å². The molecule has 134 valence electrons. The van der Waals surface area contributed by atoms with Gasteiger partial charge in [0.05, 0.1) is 0 Å². The minimum atomic E-state index is -0.410. The molecule has 0 radical (unpaired) electrons. The summed E-state index contributed by atoms with van der Waals surface area (Å²) < 4.78 is 10.7. The molecule has 0 fully saturated rings. The number of benzene rings is 2. The Morgan fingerprint density at radius 1 is 1.23 bits per heavy atom. The molecule has 0 saturated heterocycles. The minimum Gasteiger partial charge on any atom is -0.457 e. The first kappa shape index (κ1) is 19.5. The molecule has 1 N–H and O–H groups in total. The highest BCUT2D eigenvalue weighted by molar-refractivity contribution is 6.30. The molecule has 2 aromatic carbocycles. The second-order valence-electron chi connectivity index (χ2n) is 5.40. The van der Waals surface area contributed by atoms with E-state index in [4.69, 9.17) is 21.1 Å². The highest BCUT2D eigenvalue weighted by atomic mass is 35.5. The van der Waals surface area contributed by atoms with Crippen LogP contribution < -0.4 is 10.1 Å². The summed E-state index contributed by atoms with van der Waals surface area (Å²) in [6.07, 6.45) is 2.21. The Hall–Kier alpha value is -2.81. The van der Waals surface area contributed by atoms with Gasteiger partial charge in [0.1, 0.15) is 23.1 Å². The summed E-state index contributed by atoms with van der Waals surface area (Å²) in [5.74, 6) is 0.832. The number of nitrogens with zero attached hydrogens (tertiary/aromatic N) is 1. The number of carbonyl (C=O) groups is 1. The average molecular weight is 371 g/mol. The fraction of sp³-hybridized carbons (Fsp3) is 0.200. The van der Waals surface area contributed by atoms with Crippen molar-refractivity contribution in [3.05, 3.63) is 64.7 Å². The summed E-state index contributed by atoms with van der Waals surface area (Å²) in [7, 11) is 1.60. The van der Waals surface area contributed by atoms with E-state index in [0.29, 0.717) is 41.7 Å². The predicted molar refractivity (Wildman–Crippen MR) is 101 cm³/mol. The summed E-state index contributed by atoms with van der Waals surface area (Å²) in [6.45, 7) is 1.00. The molecule has 0 atom stereocenters. The fourth-order valence-electron chi connectivity index (χ4n) is 2.14. The van der Waals surface area contributed by atoms with Gasteiger partial charge in [0.25, 0.3) is 5.91 Å². The number of hydrogen-bond acceptors (Lipinski definition) is 4. The largest absolute Gasteiger partial charge is 0.457 e. The van der Waals surface area contributed by atoms with Crippen molar-refractivity contribution in [2.45, 2.75) is 6.42 Å². The smallest absolute Gasteiger partial charge is 0.261 e. The van der Waals surface area contributed by atoms with Gasteiger partial charge in [-0.2, -0.15) is 5.26 Å². The number of nitrogens with one attached hydrogen (secondary N) is 1. The van der Waals surface area contributed by atoms with Crippen molar-refractivity contribution in [1.29, 1.82) is 5.26 Å². The zero-order valence-electron chi connectivity index (χ0n) is 14.4. The predicted octanol–water partition coefficient (Wildman–Crippen LogP) is 4.19. The van der Waals surface area contributed by atoms with E-state index in [0.717, 1.165) is 0 Å². The molecule has 26 heavy (non-hydrogen) atoms. The maximum Gasteiger partial charge on any atom is 0.261 e. The van der Waals surface area contributed by atoms with E-state index in [1.54, 1.807) is 55.6 Å². The van der Waals surface area contributed by atoms with E-state index < -0.39 is 5.91 Å². The Balaban J connectivity index is 2.07. The van der Waals surface area contributed by atoms with Crippen LogP contribution in [0.25, 0.3) is 6.08 Å². The van der Waals surface area contributed by atoms with Crippen LogP contribution in [0.3, 0.4) is 0 Å². The number of halogens is 1. The number of carbonyl (C=O) groups excluding carboxylic acids is 1. The molecule has 0 bridgehead atoms. The first-order valence-corrected chi connectivity index (χ1v) is 8.42. The number of methoxy groups -OCH3 is 1. The van der Waals surface area contributed by atoms with E-state index in [2.05, 4.69) is 5.32 Å². The molecule has 0 aliphatic carbocycles. The zero-order valence-corrected chi connectivity index (χ0v) is 15.1. The van der Waals surface area contributed by atoms with Crippen molar-refractivity contribution in [2.24, 2.45) is 0 Å². The van der Waals surface area contributed by atoms with Crippen LogP contribution in [0.2, 0.25) is 5.02 Å². The van der Waals surface area contributed by atoms with Gasteiger partial charge in [0.2, 0.25) is 0 Å². The monoisotopic (exact) mass is 370 g/mol. The van der Waals surface area contributed by atoms with Crippen LogP contribution in [0.4, 0.5) is 0 Å². The molecular weight excluding hydrogens is 352 g/mol. The van der Waals surface area contributed by atoms with Crippen LogP contribution in [-0.2, 0) is 9.53 Å².